The maximum atomic E-state index is 14.5. The Morgan fingerprint density at radius 2 is 1.80 bits per heavy atom. The number of amides is 2. The van der Waals surface area contributed by atoms with E-state index < -0.39 is 41.9 Å². The molecule has 1 N–H and O–H groups in total. The normalized spacial score (nSPS) is 17.7. The van der Waals surface area contributed by atoms with Gasteiger partial charge in [0.1, 0.15) is 35.3 Å². The number of hydrogen-bond acceptors (Lipinski definition) is 10. The molecule has 0 saturated carbocycles. The van der Waals surface area contributed by atoms with Gasteiger partial charge >= 0.3 is 12.1 Å². The zero-order chi connectivity index (χ0) is 36.6. The van der Waals surface area contributed by atoms with Gasteiger partial charge in [0.05, 0.1) is 43.1 Å². The fourth-order valence-corrected chi connectivity index (χ4v) is 6.63. The predicted octanol–water partition coefficient (Wildman–Crippen LogP) is 6.91. The Morgan fingerprint density at radius 3 is 2.40 bits per heavy atom. The molecule has 3 aromatic rings. The average molecular weight is 707 g/mol. The number of carbonyl (C=O) groups excluding carboxylic acids is 3. The van der Waals surface area contributed by atoms with E-state index in [0.717, 1.165) is 23.1 Å². The van der Waals surface area contributed by atoms with Crippen molar-refractivity contribution >= 4 is 45.7 Å². The van der Waals surface area contributed by atoms with Crippen molar-refractivity contribution in [1.29, 1.82) is 0 Å². The molecule has 11 nitrogen and oxygen atoms in total. The Bertz CT molecular complexity index is 1670. The Balaban J connectivity index is 1.76. The van der Waals surface area contributed by atoms with Crippen molar-refractivity contribution in [3.05, 3.63) is 54.6 Å². The quantitative estimate of drug-likeness (QED) is 0.121. The first-order valence-corrected chi connectivity index (χ1v) is 18.2. The van der Waals surface area contributed by atoms with E-state index in [1.165, 1.54) is 18.9 Å². The van der Waals surface area contributed by atoms with Crippen LogP contribution in [0.4, 0.5) is 4.79 Å². The van der Waals surface area contributed by atoms with Crippen LogP contribution in [0, 0.1) is 5.92 Å². The first kappa shape index (κ1) is 38.5. The lowest BCUT2D eigenvalue weighted by Crippen LogP contribution is -2.54. The number of fused-ring (bicyclic) bond motifs is 1. The molecule has 12 heteroatoms. The molecule has 0 bridgehead atoms. The van der Waals surface area contributed by atoms with E-state index in [4.69, 9.17) is 28.9 Å². The molecule has 50 heavy (non-hydrogen) atoms. The Hall–Kier alpha value is -4.32. The molecule has 2 heterocycles. The topological polar surface area (TPSA) is 129 Å². The van der Waals surface area contributed by atoms with Gasteiger partial charge in [-0.2, -0.15) is 0 Å². The lowest BCUT2D eigenvalue weighted by atomic mass is 10.0. The molecule has 0 radical (unpaired) electrons. The second-order valence-corrected chi connectivity index (χ2v) is 14.4. The second kappa shape index (κ2) is 17.1. The van der Waals surface area contributed by atoms with Gasteiger partial charge in [0.2, 0.25) is 5.91 Å². The van der Waals surface area contributed by atoms with Crippen LogP contribution in [0.25, 0.3) is 22.2 Å². The fourth-order valence-electron chi connectivity index (χ4n) is 5.90. The van der Waals surface area contributed by atoms with E-state index in [0.29, 0.717) is 34.9 Å². The molecule has 0 spiro atoms. The molecule has 0 unspecified atom stereocenters. The van der Waals surface area contributed by atoms with E-state index in [2.05, 4.69) is 5.32 Å². The largest absolute Gasteiger partial charge is 0.497 e. The van der Waals surface area contributed by atoms with Crippen LogP contribution in [-0.4, -0.2) is 89.7 Å². The number of rotatable bonds is 12. The number of alkyl carbamates (subject to hydrolysis) is 1. The molecule has 1 saturated heterocycles. The molecule has 1 aliphatic heterocycles. The Morgan fingerprint density at radius 1 is 1.08 bits per heavy atom. The summed E-state index contributed by atoms with van der Waals surface area (Å²) in [4.78, 5) is 51.6. The number of hydrogen-bond donors (Lipinski definition) is 1. The van der Waals surface area contributed by atoms with Gasteiger partial charge in [-0.25, -0.2) is 14.6 Å². The van der Waals surface area contributed by atoms with Gasteiger partial charge in [0, 0.05) is 29.5 Å². The van der Waals surface area contributed by atoms with Crippen molar-refractivity contribution in [3.8, 4) is 22.8 Å². The van der Waals surface area contributed by atoms with Gasteiger partial charge in [-0.05, 0) is 51.5 Å². The summed E-state index contributed by atoms with van der Waals surface area (Å²) in [5.74, 6) is 0.316. The van der Waals surface area contributed by atoms with Crippen molar-refractivity contribution in [2.24, 2.45) is 10.9 Å². The highest BCUT2D eigenvalue weighted by Crippen LogP contribution is 2.35. The van der Waals surface area contributed by atoms with Crippen LogP contribution < -0.4 is 14.8 Å². The third-order valence-corrected chi connectivity index (χ3v) is 9.10. The number of methoxy groups -OCH3 is 2. The molecule has 1 fully saturated rings. The van der Waals surface area contributed by atoms with Gasteiger partial charge < -0.3 is 29.2 Å². The van der Waals surface area contributed by atoms with E-state index in [-0.39, 0.29) is 18.4 Å². The molecule has 1 aliphatic rings. The smallest absolute Gasteiger partial charge is 0.408 e. The van der Waals surface area contributed by atoms with E-state index in [1.54, 1.807) is 32.8 Å². The maximum absolute atomic E-state index is 14.5. The molecule has 4 rings (SSSR count). The van der Waals surface area contributed by atoms with Crippen molar-refractivity contribution in [2.75, 3.05) is 27.0 Å². The summed E-state index contributed by atoms with van der Waals surface area (Å²) in [7, 11) is 2.96. The summed E-state index contributed by atoms with van der Waals surface area (Å²) in [5.41, 5.74) is 1.63. The number of likely N-dealkylation sites (tertiary alicyclic amines) is 1. The third-order valence-electron chi connectivity index (χ3n) is 8.31. The Kier molecular flexibility index (Phi) is 13.1. The number of esters is 1. The van der Waals surface area contributed by atoms with Crippen LogP contribution in [0.2, 0.25) is 0 Å². The van der Waals surface area contributed by atoms with Crippen LogP contribution in [-0.2, 0) is 19.1 Å². The highest BCUT2D eigenvalue weighted by molar-refractivity contribution is 8.13. The summed E-state index contributed by atoms with van der Waals surface area (Å²) >= 11 is 1.38. The molecule has 1 aromatic heterocycles. The lowest BCUT2D eigenvalue weighted by molar-refractivity contribution is -0.142. The fraction of sp³-hybridized carbons (Fsp3) is 0.500. The third kappa shape index (κ3) is 9.68. The number of aliphatic imine (C=N–C) groups is 1. The van der Waals surface area contributed by atoms with Crippen molar-refractivity contribution in [3.63, 3.8) is 0 Å². The van der Waals surface area contributed by atoms with Crippen LogP contribution in [0.15, 0.2) is 59.6 Å². The summed E-state index contributed by atoms with van der Waals surface area (Å²) in [6.45, 7) is 11.3. The summed E-state index contributed by atoms with van der Waals surface area (Å²) in [5, 5.41) is 4.22. The molecule has 0 aliphatic carbocycles. The number of pyridine rings is 1. The number of thioether (sulfide) groups is 1. The standard InChI is InChI=1S/C38H50N4O7S/c1-10-14-28(36(44)47-8)40-34(50-9)31-20-26(22-42(31)35(43)33(23(2)3)41-37(45)49-38(4,5)6)48-32-21-29(24-15-12-11-13-16-24)39-30-19-25(46-7)17-18-27(30)32/h11-13,15-19,21,23,26,28,31,33H,10,14,20,22H2,1-9H3,(H,41,45)/b40-34-/t26-,28+,31+,33+/m1/s1. The molecular weight excluding hydrogens is 657 g/mol. The second-order valence-electron chi connectivity index (χ2n) is 13.6. The summed E-state index contributed by atoms with van der Waals surface area (Å²) in [6, 6.07) is 15.3. The number of aromatic nitrogens is 1. The Labute approximate surface area is 299 Å². The molecule has 4 atom stereocenters. The molecule has 2 aromatic carbocycles. The van der Waals surface area contributed by atoms with Crippen LogP contribution in [0.3, 0.4) is 0 Å². The average Bonchev–Trinajstić information content (AvgIpc) is 3.50. The van der Waals surface area contributed by atoms with Gasteiger partial charge in [-0.1, -0.05) is 57.5 Å². The molecule has 270 valence electrons. The molecule has 2 amide bonds. The number of carbonyl (C=O) groups is 3. The van der Waals surface area contributed by atoms with Gasteiger partial charge in [-0.15, -0.1) is 11.8 Å². The van der Waals surface area contributed by atoms with Crippen LogP contribution in [0.1, 0.15) is 60.8 Å². The van der Waals surface area contributed by atoms with E-state index in [1.807, 2.05) is 81.6 Å². The molecular formula is C38H50N4O7S. The predicted molar refractivity (Wildman–Crippen MR) is 198 cm³/mol. The zero-order valence-corrected chi connectivity index (χ0v) is 31.3. The summed E-state index contributed by atoms with van der Waals surface area (Å²) in [6.07, 6.45) is 2.39. The van der Waals surface area contributed by atoms with Crippen LogP contribution in [0.5, 0.6) is 11.5 Å². The van der Waals surface area contributed by atoms with Gasteiger partial charge in [0.25, 0.3) is 0 Å². The highest BCUT2D eigenvalue weighted by Gasteiger charge is 2.43. The minimum atomic E-state index is -0.875. The van der Waals surface area contributed by atoms with Gasteiger partial charge in [0.15, 0.2) is 0 Å². The SMILES string of the molecule is CCC[C@H](/N=C(\SC)[C@@H]1C[C@@H](Oc2cc(-c3ccccc3)nc3cc(OC)ccc23)CN1C(=O)[C@@H](NC(=O)OC(C)(C)C)C(C)C)C(=O)OC. The van der Waals surface area contributed by atoms with Crippen LogP contribution >= 0.6 is 11.8 Å². The minimum absolute atomic E-state index is 0.222. The van der Waals surface area contributed by atoms with E-state index >= 15 is 0 Å². The van der Waals surface area contributed by atoms with E-state index in [9.17, 15) is 14.4 Å². The number of nitrogens with one attached hydrogen (secondary N) is 1. The maximum Gasteiger partial charge on any atom is 0.408 e. The summed E-state index contributed by atoms with van der Waals surface area (Å²) < 4.78 is 22.9. The van der Waals surface area contributed by atoms with Gasteiger partial charge in [-0.3, -0.25) is 9.79 Å². The first-order chi connectivity index (χ1) is 23.8. The lowest BCUT2D eigenvalue weighted by Gasteiger charge is -2.32. The first-order valence-electron chi connectivity index (χ1n) is 17.0. The monoisotopic (exact) mass is 706 g/mol. The number of benzene rings is 2. The highest BCUT2D eigenvalue weighted by atomic mass is 32.2. The minimum Gasteiger partial charge on any atom is -0.497 e. The number of nitrogens with zero attached hydrogens (tertiary/aromatic N) is 3. The zero-order valence-electron chi connectivity index (χ0n) is 30.5. The van der Waals surface area contributed by atoms with Crippen molar-refractivity contribution < 1.29 is 33.3 Å². The van der Waals surface area contributed by atoms with Crippen molar-refractivity contribution in [2.45, 2.75) is 90.6 Å². The number of ether oxygens (including phenoxy) is 4. The van der Waals surface area contributed by atoms with Crippen molar-refractivity contribution in [1.82, 2.24) is 15.2 Å².